The van der Waals surface area contributed by atoms with E-state index in [0.717, 1.165) is 0 Å². The summed E-state index contributed by atoms with van der Waals surface area (Å²) in [5.41, 5.74) is 0. The van der Waals surface area contributed by atoms with Gasteiger partial charge in [0.05, 0.1) is 5.92 Å². The molecule has 4 unspecified atom stereocenters. The number of hydrogen-bond donors (Lipinski definition) is 1. The summed E-state index contributed by atoms with van der Waals surface area (Å²) in [7, 11) is 0. The van der Waals surface area contributed by atoms with E-state index in [-0.39, 0.29) is 24.0 Å². The molecule has 0 bridgehead atoms. The van der Waals surface area contributed by atoms with Crippen molar-refractivity contribution in [2.45, 2.75) is 93.4 Å². The van der Waals surface area contributed by atoms with Gasteiger partial charge in [-0.25, -0.2) is 0 Å². The van der Waals surface area contributed by atoms with Crippen LogP contribution in [0.25, 0.3) is 0 Å². The summed E-state index contributed by atoms with van der Waals surface area (Å²) in [6.45, 7) is 22.3. The number of hydrogen-bond acceptors (Lipinski definition) is 2. The lowest BCUT2D eigenvalue weighted by Crippen LogP contribution is -2.57. The number of nitrogens with zero attached hydrogens (tertiary/aromatic N) is 1. The van der Waals surface area contributed by atoms with Crippen LogP contribution in [0.15, 0.2) is 0 Å². The van der Waals surface area contributed by atoms with Gasteiger partial charge in [0.25, 0.3) is 0 Å². The van der Waals surface area contributed by atoms with Crippen molar-refractivity contribution in [2.24, 2.45) is 29.6 Å². The highest BCUT2D eigenvalue weighted by Crippen LogP contribution is 2.34. The second-order valence-electron chi connectivity index (χ2n) is 9.05. The number of carbonyl (C=O) groups excluding carboxylic acids is 1. The van der Waals surface area contributed by atoms with Crippen molar-refractivity contribution in [3.8, 4) is 0 Å². The first-order valence-electron chi connectivity index (χ1n) is 9.58. The van der Waals surface area contributed by atoms with E-state index in [4.69, 9.17) is 0 Å². The van der Waals surface area contributed by atoms with Gasteiger partial charge in [-0.1, -0.05) is 55.4 Å². The normalized spacial score (nSPS) is 30.2. The van der Waals surface area contributed by atoms with Crippen molar-refractivity contribution in [2.75, 3.05) is 0 Å². The van der Waals surface area contributed by atoms with Crippen LogP contribution in [0.3, 0.4) is 0 Å². The van der Waals surface area contributed by atoms with Crippen LogP contribution in [-0.4, -0.2) is 35.0 Å². The average Bonchev–Trinajstić information content (AvgIpc) is 2.52. The topological polar surface area (TPSA) is 32.3 Å². The van der Waals surface area contributed by atoms with E-state index in [1.165, 1.54) is 0 Å². The Hall–Kier alpha value is -0.570. The quantitative estimate of drug-likeness (QED) is 0.823. The molecule has 1 fully saturated rings. The fourth-order valence-electron chi connectivity index (χ4n) is 4.30. The van der Waals surface area contributed by atoms with Gasteiger partial charge in [0.1, 0.15) is 0 Å². The third kappa shape index (κ3) is 4.29. The molecule has 136 valence electrons. The minimum absolute atomic E-state index is 0.0578. The van der Waals surface area contributed by atoms with Crippen LogP contribution in [0.1, 0.15) is 69.2 Å². The Kier molecular flexibility index (Phi) is 7.12. The molecule has 1 amide bonds. The van der Waals surface area contributed by atoms with E-state index >= 15 is 0 Å². The number of rotatable bonds is 5. The number of carbonyl (C=O) groups is 1. The Morgan fingerprint density at radius 3 is 1.52 bits per heavy atom. The summed E-state index contributed by atoms with van der Waals surface area (Å²) in [5.74, 6) is 2.16. The van der Waals surface area contributed by atoms with Crippen LogP contribution < -0.4 is 5.32 Å². The van der Waals surface area contributed by atoms with Crippen LogP contribution >= 0.6 is 0 Å². The summed E-state index contributed by atoms with van der Waals surface area (Å²) in [6, 6.07) is 1.09. The van der Waals surface area contributed by atoms with Gasteiger partial charge in [0.2, 0.25) is 5.91 Å². The van der Waals surface area contributed by atoms with Crippen molar-refractivity contribution >= 4 is 5.91 Å². The highest BCUT2D eigenvalue weighted by atomic mass is 16.2. The molecule has 0 aromatic rings. The Bertz CT molecular complexity index is 387. The van der Waals surface area contributed by atoms with Crippen molar-refractivity contribution in [3.63, 3.8) is 0 Å². The molecule has 3 nitrogen and oxygen atoms in total. The van der Waals surface area contributed by atoms with E-state index in [2.05, 4.69) is 79.5 Å². The zero-order chi connectivity index (χ0) is 18.1. The van der Waals surface area contributed by atoms with E-state index in [0.29, 0.717) is 35.6 Å². The van der Waals surface area contributed by atoms with Gasteiger partial charge in [-0.05, 0) is 37.5 Å². The third-order valence-corrected chi connectivity index (χ3v) is 5.39. The minimum Gasteiger partial charge on any atom is -0.335 e. The first-order chi connectivity index (χ1) is 10.5. The van der Waals surface area contributed by atoms with Gasteiger partial charge < -0.3 is 10.2 Å². The molecule has 0 aromatic heterocycles. The Labute approximate surface area is 144 Å². The Morgan fingerprint density at radius 2 is 1.22 bits per heavy atom. The van der Waals surface area contributed by atoms with Crippen LogP contribution in [0, 0.1) is 29.6 Å². The predicted molar refractivity (Wildman–Crippen MR) is 99.3 cm³/mol. The molecule has 0 saturated carbocycles. The second-order valence-corrected chi connectivity index (χ2v) is 9.05. The molecule has 1 N–H and O–H groups in total. The zero-order valence-corrected chi connectivity index (χ0v) is 17.1. The van der Waals surface area contributed by atoms with Crippen molar-refractivity contribution in [3.05, 3.63) is 0 Å². The zero-order valence-electron chi connectivity index (χ0n) is 17.1. The van der Waals surface area contributed by atoms with Crippen LogP contribution in [0.5, 0.6) is 0 Å². The van der Waals surface area contributed by atoms with Crippen LogP contribution in [0.2, 0.25) is 0 Å². The lowest BCUT2D eigenvalue weighted by molar-refractivity contribution is -0.142. The fourth-order valence-corrected chi connectivity index (χ4v) is 4.30. The van der Waals surface area contributed by atoms with E-state index < -0.39 is 0 Å². The monoisotopic (exact) mass is 324 g/mol. The summed E-state index contributed by atoms with van der Waals surface area (Å²) in [4.78, 5) is 15.7. The highest BCUT2D eigenvalue weighted by Gasteiger charge is 2.47. The third-order valence-electron chi connectivity index (χ3n) is 5.39. The van der Waals surface area contributed by atoms with Gasteiger partial charge >= 0.3 is 0 Å². The Morgan fingerprint density at radius 1 is 0.739 bits per heavy atom. The van der Waals surface area contributed by atoms with E-state index in [1.54, 1.807) is 0 Å². The fraction of sp³-hybridized carbons (Fsp3) is 0.950. The summed E-state index contributed by atoms with van der Waals surface area (Å²) >= 11 is 0. The number of amides is 1. The van der Waals surface area contributed by atoms with E-state index in [9.17, 15) is 4.79 Å². The summed E-state index contributed by atoms with van der Waals surface area (Å²) in [6.07, 6.45) is 0. The molecular weight excluding hydrogens is 284 g/mol. The molecule has 0 aliphatic carbocycles. The van der Waals surface area contributed by atoms with Crippen LogP contribution in [-0.2, 0) is 4.79 Å². The van der Waals surface area contributed by atoms with Crippen molar-refractivity contribution in [1.82, 2.24) is 10.2 Å². The van der Waals surface area contributed by atoms with E-state index in [1.807, 2.05) is 0 Å². The van der Waals surface area contributed by atoms with Gasteiger partial charge in [0.15, 0.2) is 0 Å². The molecule has 1 saturated heterocycles. The van der Waals surface area contributed by atoms with Crippen molar-refractivity contribution < 1.29 is 4.79 Å². The van der Waals surface area contributed by atoms with Crippen molar-refractivity contribution in [1.29, 1.82) is 0 Å². The molecule has 4 atom stereocenters. The molecule has 0 radical (unpaired) electrons. The average molecular weight is 325 g/mol. The molecule has 0 spiro atoms. The number of nitrogens with one attached hydrogen (secondary N) is 1. The molecule has 1 heterocycles. The SMILES string of the molecule is CC(C)C1NC(C(C)C)C(C(C)C)N(C(C)C)C(=O)C1C(C)C. The smallest absolute Gasteiger partial charge is 0.228 e. The standard InChI is InChI=1S/C20H40N2O/c1-11(2)16-17(12(3)4)21-18(13(5)6)19(14(7)8)22(15(9)10)20(16)23/h11-19,21H,1-10H3. The summed E-state index contributed by atoms with van der Waals surface area (Å²) in [5, 5.41) is 3.93. The first kappa shape index (κ1) is 20.5. The van der Waals surface area contributed by atoms with Gasteiger partial charge in [-0.3, -0.25) is 4.79 Å². The molecule has 23 heavy (non-hydrogen) atoms. The van der Waals surface area contributed by atoms with Gasteiger partial charge in [-0.15, -0.1) is 0 Å². The molecule has 1 aliphatic rings. The highest BCUT2D eigenvalue weighted by molar-refractivity contribution is 5.81. The first-order valence-corrected chi connectivity index (χ1v) is 9.58. The largest absolute Gasteiger partial charge is 0.335 e. The van der Waals surface area contributed by atoms with Gasteiger partial charge in [-0.2, -0.15) is 0 Å². The molecule has 1 rings (SSSR count). The maximum absolute atomic E-state index is 13.5. The molecular formula is C20H40N2O. The lowest BCUT2D eigenvalue weighted by atomic mass is 9.81. The maximum atomic E-state index is 13.5. The van der Waals surface area contributed by atoms with Gasteiger partial charge in [0, 0.05) is 24.2 Å². The summed E-state index contributed by atoms with van der Waals surface area (Å²) < 4.78 is 0. The lowest BCUT2D eigenvalue weighted by Gasteiger charge is -2.42. The molecule has 1 aliphatic heterocycles. The Balaban J connectivity index is 3.46. The minimum atomic E-state index is 0.0578. The molecule has 0 aromatic carbocycles. The second kappa shape index (κ2) is 8.00. The maximum Gasteiger partial charge on any atom is 0.228 e. The van der Waals surface area contributed by atoms with Crippen LogP contribution in [0.4, 0.5) is 0 Å². The predicted octanol–water partition coefficient (Wildman–Crippen LogP) is 4.17. The molecule has 3 heteroatoms.